The summed E-state index contributed by atoms with van der Waals surface area (Å²) in [5, 5.41) is 9.61. The molecule has 0 aliphatic rings. The molecule has 4 aromatic rings. The van der Waals surface area contributed by atoms with Crippen LogP contribution < -0.4 is 16.0 Å². The van der Waals surface area contributed by atoms with Gasteiger partial charge in [-0.3, -0.25) is 9.97 Å². The summed E-state index contributed by atoms with van der Waals surface area (Å²) in [6.07, 6.45) is -3.89. The second-order valence-corrected chi connectivity index (χ2v) is 7.43. The van der Waals surface area contributed by atoms with E-state index in [2.05, 4.69) is 30.9 Å². The molecule has 3 N–H and O–H groups in total. The highest BCUT2D eigenvalue weighted by Gasteiger charge is 2.31. The highest BCUT2D eigenvalue weighted by atomic mass is 19.4. The van der Waals surface area contributed by atoms with Crippen molar-refractivity contribution >= 4 is 28.3 Å². The van der Waals surface area contributed by atoms with Gasteiger partial charge in [-0.1, -0.05) is 12.1 Å². The molecule has 0 radical (unpaired) electrons. The van der Waals surface area contributed by atoms with E-state index in [0.717, 1.165) is 35.3 Å². The Kier molecular flexibility index (Phi) is 8.48. The second kappa shape index (κ2) is 11.5. The smallest absolute Gasteiger partial charge is 0.373 e. The van der Waals surface area contributed by atoms with E-state index < -0.39 is 29.5 Å². The monoisotopic (exact) mass is 522 g/mol. The second-order valence-electron chi connectivity index (χ2n) is 7.43. The molecule has 0 aliphatic carbocycles. The maximum atomic E-state index is 12.5. The lowest BCUT2D eigenvalue weighted by molar-refractivity contribution is -0.138. The molecule has 3 heterocycles. The molecular formula is C24H20F6N6O. The maximum Gasteiger partial charge on any atom is 0.417 e. The van der Waals surface area contributed by atoms with Crippen LogP contribution in [0.4, 0.5) is 42.6 Å². The van der Waals surface area contributed by atoms with Gasteiger partial charge in [-0.15, -0.1) is 0 Å². The third kappa shape index (κ3) is 7.78. The standard InChI is InChI=1S/C17H13F3N4O.C7H7F3N2/c18-17(19,20)12-4-5-13(22-9-12)10-23-16(25)24-15-3-1-2-11-8-21-7-6-14(11)15;1-11-6-3-2-5(4-12-6)7(8,9)10/h1-9H,10H2,(H2,23,24,25);2-4H,1H3,(H,11,12). The number of nitrogens with one attached hydrogen (secondary N) is 3. The zero-order chi connectivity index (χ0) is 27.1. The van der Waals surface area contributed by atoms with E-state index in [9.17, 15) is 31.1 Å². The van der Waals surface area contributed by atoms with Crippen LogP contribution in [0.1, 0.15) is 16.8 Å². The van der Waals surface area contributed by atoms with Gasteiger partial charge in [0.1, 0.15) is 5.82 Å². The van der Waals surface area contributed by atoms with E-state index in [-0.39, 0.29) is 6.54 Å². The number of halogens is 6. The normalized spacial score (nSPS) is 11.3. The number of pyridine rings is 3. The van der Waals surface area contributed by atoms with Gasteiger partial charge in [0, 0.05) is 42.6 Å². The van der Waals surface area contributed by atoms with Crippen molar-refractivity contribution in [1.82, 2.24) is 20.3 Å². The molecule has 0 fully saturated rings. The quantitative estimate of drug-likeness (QED) is 0.281. The summed E-state index contributed by atoms with van der Waals surface area (Å²) in [6, 6.07) is 11.1. The van der Waals surface area contributed by atoms with Crippen molar-refractivity contribution in [2.75, 3.05) is 17.7 Å². The van der Waals surface area contributed by atoms with Crippen LogP contribution in [0.3, 0.4) is 0 Å². The van der Waals surface area contributed by atoms with E-state index in [1.165, 1.54) is 12.1 Å². The number of rotatable bonds is 4. The minimum absolute atomic E-state index is 0.0102. The van der Waals surface area contributed by atoms with Crippen LogP contribution in [-0.4, -0.2) is 28.0 Å². The molecule has 194 valence electrons. The van der Waals surface area contributed by atoms with Crippen LogP contribution >= 0.6 is 0 Å². The van der Waals surface area contributed by atoms with Gasteiger partial charge in [0.15, 0.2) is 0 Å². The fourth-order valence-corrected chi connectivity index (χ4v) is 2.98. The van der Waals surface area contributed by atoms with Gasteiger partial charge >= 0.3 is 18.4 Å². The zero-order valence-electron chi connectivity index (χ0n) is 19.2. The molecule has 2 amide bonds. The fraction of sp³-hybridized carbons (Fsp3) is 0.167. The van der Waals surface area contributed by atoms with E-state index in [1.807, 2.05) is 6.07 Å². The van der Waals surface area contributed by atoms with Gasteiger partial charge in [0.2, 0.25) is 0 Å². The molecule has 0 saturated heterocycles. The van der Waals surface area contributed by atoms with Crippen LogP contribution in [0.25, 0.3) is 10.8 Å². The molecule has 4 rings (SSSR count). The number of fused-ring (bicyclic) bond motifs is 1. The van der Waals surface area contributed by atoms with Crippen LogP contribution in [0.5, 0.6) is 0 Å². The number of alkyl halides is 6. The van der Waals surface area contributed by atoms with Crippen LogP contribution in [0.2, 0.25) is 0 Å². The van der Waals surface area contributed by atoms with Crippen molar-refractivity contribution in [3.8, 4) is 0 Å². The summed E-state index contributed by atoms with van der Waals surface area (Å²) < 4.78 is 73.3. The molecule has 37 heavy (non-hydrogen) atoms. The number of carbonyl (C=O) groups is 1. The predicted octanol–water partition coefficient (Wildman–Crippen LogP) is 6.11. The zero-order valence-corrected chi connectivity index (χ0v) is 19.2. The first-order chi connectivity index (χ1) is 17.5. The number of hydrogen-bond acceptors (Lipinski definition) is 5. The molecule has 3 aromatic heterocycles. The Morgan fingerprint density at radius 2 is 1.51 bits per heavy atom. The SMILES string of the molecule is CNc1ccc(C(F)(F)F)cn1.O=C(NCc1ccc(C(F)(F)F)cn1)Nc1cccc2cnccc12. The van der Waals surface area contributed by atoms with Gasteiger partial charge < -0.3 is 16.0 Å². The van der Waals surface area contributed by atoms with Crippen LogP contribution in [0.15, 0.2) is 73.3 Å². The van der Waals surface area contributed by atoms with Crippen LogP contribution in [-0.2, 0) is 18.9 Å². The Morgan fingerprint density at radius 3 is 2.08 bits per heavy atom. The lowest BCUT2D eigenvalue weighted by Crippen LogP contribution is -2.28. The van der Waals surface area contributed by atoms with E-state index in [1.54, 1.807) is 37.6 Å². The van der Waals surface area contributed by atoms with Crippen LogP contribution in [0, 0.1) is 0 Å². The fourth-order valence-electron chi connectivity index (χ4n) is 2.98. The minimum Gasteiger partial charge on any atom is -0.373 e. The largest absolute Gasteiger partial charge is 0.417 e. The Morgan fingerprint density at radius 1 is 0.838 bits per heavy atom. The maximum absolute atomic E-state index is 12.5. The van der Waals surface area contributed by atoms with Crippen molar-refractivity contribution < 1.29 is 31.1 Å². The van der Waals surface area contributed by atoms with E-state index in [4.69, 9.17) is 0 Å². The Hall–Kier alpha value is -4.42. The Balaban J connectivity index is 0.000000266. The predicted molar refractivity (Wildman–Crippen MR) is 126 cm³/mol. The summed E-state index contributed by atoms with van der Waals surface area (Å²) in [5.41, 5.74) is -0.630. The molecule has 0 bridgehead atoms. The van der Waals surface area contributed by atoms with Gasteiger partial charge in [0.25, 0.3) is 0 Å². The van der Waals surface area contributed by atoms with Crippen molar-refractivity contribution in [3.05, 3.63) is 90.1 Å². The Labute approximate surface area is 207 Å². The molecule has 0 saturated carbocycles. The Bertz CT molecular complexity index is 1320. The number of aromatic nitrogens is 3. The van der Waals surface area contributed by atoms with Gasteiger partial charge in [-0.2, -0.15) is 26.3 Å². The average Bonchev–Trinajstić information content (AvgIpc) is 2.87. The molecular weight excluding hydrogens is 502 g/mol. The first-order valence-corrected chi connectivity index (χ1v) is 10.6. The molecule has 0 unspecified atom stereocenters. The first-order valence-electron chi connectivity index (χ1n) is 10.6. The summed E-state index contributed by atoms with van der Waals surface area (Å²) in [5.74, 6) is 0.419. The molecule has 13 heteroatoms. The molecule has 0 aliphatic heterocycles. The highest BCUT2D eigenvalue weighted by Crippen LogP contribution is 2.29. The van der Waals surface area contributed by atoms with E-state index in [0.29, 0.717) is 17.2 Å². The summed E-state index contributed by atoms with van der Waals surface area (Å²) in [7, 11) is 1.59. The summed E-state index contributed by atoms with van der Waals surface area (Å²) >= 11 is 0. The molecule has 0 atom stereocenters. The van der Waals surface area contributed by atoms with E-state index >= 15 is 0 Å². The van der Waals surface area contributed by atoms with Crippen molar-refractivity contribution in [2.45, 2.75) is 18.9 Å². The summed E-state index contributed by atoms with van der Waals surface area (Å²) in [4.78, 5) is 23.3. The third-order valence-electron chi connectivity index (χ3n) is 4.86. The van der Waals surface area contributed by atoms with Gasteiger partial charge in [0.05, 0.1) is 29.1 Å². The molecule has 7 nitrogen and oxygen atoms in total. The number of anilines is 2. The average molecular weight is 522 g/mol. The number of amides is 2. The molecule has 0 spiro atoms. The molecule has 1 aromatic carbocycles. The number of urea groups is 1. The van der Waals surface area contributed by atoms with Crippen molar-refractivity contribution in [3.63, 3.8) is 0 Å². The van der Waals surface area contributed by atoms with Crippen molar-refractivity contribution in [1.29, 1.82) is 0 Å². The lowest BCUT2D eigenvalue weighted by atomic mass is 10.1. The first kappa shape index (κ1) is 27.2. The third-order valence-corrected chi connectivity index (χ3v) is 4.86. The highest BCUT2D eigenvalue weighted by molar-refractivity contribution is 6.01. The topological polar surface area (TPSA) is 91.8 Å². The van der Waals surface area contributed by atoms with Gasteiger partial charge in [-0.05, 0) is 36.4 Å². The number of benzene rings is 1. The summed E-state index contributed by atoms with van der Waals surface area (Å²) in [6.45, 7) is 0.0102. The minimum atomic E-state index is -4.43. The number of carbonyl (C=O) groups excluding carboxylic acids is 1. The number of nitrogens with zero attached hydrogens (tertiary/aromatic N) is 3. The number of hydrogen-bond donors (Lipinski definition) is 3. The lowest BCUT2D eigenvalue weighted by Gasteiger charge is -2.10. The van der Waals surface area contributed by atoms with Gasteiger partial charge in [-0.25, -0.2) is 9.78 Å². The van der Waals surface area contributed by atoms with Crippen molar-refractivity contribution in [2.24, 2.45) is 0 Å².